The predicted molar refractivity (Wildman–Crippen MR) is 86.9 cm³/mol. The molecular weight excluding hydrogens is 292 g/mol. The van der Waals surface area contributed by atoms with Crippen molar-refractivity contribution >= 4 is 11.9 Å². The number of rotatable bonds is 2. The Bertz CT molecular complexity index is 479. The molecule has 2 N–H and O–H groups in total. The molecule has 23 heavy (non-hydrogen) atoms. The van der Waals surface area contributed by atoms with Gasteiger partial charge < -0.3 is 15.5 Å². The number of likely N-dealkylation sites (tertiary alicyclic amines) is 1. The van der Waals surface area contributed by atoms with Gasteiger partial charge in [0.05, 0.1) is 0 Å². The number of piperidine rings is 1. The van der Waals surface area contributed by atoms with Gasteiger partial charge in [-0.15, -0.1) is 0 Å². The van der Waals surface area contributed by atoms with Gasteiger partial charge in [-0.05, 0) is 44.4 Å². The third-order valence-electron chi connectivity index (χ3n) is 6.22. The molecule has 0 aromatic heterocycles. The Kier molecular flexibility index (Phi) is 3.95. The van der Waals surface area contributed by atoms with Crippen molar-refractivity contribution in [1.29, 1.82) is 0 Å². The van der Waals surface area contributed by atoms with Gasteiger partial charge in [0.25, 0.3) is 0 Å². The fraction of sp³-hybridized carbons (Fsp3) is 0.882. The second kappa shape index (κ2) is 5.96. The zero-order chi connectivity index (χ0) is 16.0. The Hall–Kier alpha value is -1.30. The third kappa shape index (κ3) is 2.93. The minimum Gasteiger partial charge on any atom is -0.353 e. The number of hydrogen-bond acceptors (Lipinski definition) is 3. The number of nitrogens with one attached hydrogen (secondary N) is 2. The molecule has 0 spiro atoms. The Morgan fingerprint density at radius 1 is 1.17 bits per heavy atom. The lowest BCUT2D eigenvalue weighted by molar-refractivity contribution is -0.127. The zero-order valence-corrected chi connectivity index (χ0v) is 14.0. The molecule has 2 aliphatic carbocycles. The quantitative estimate of drug-likeness (QED) is 0.790. The van der Waals surface area contributed by atoms with Crippen LogP contribution in [0.3, 0.4) is 0 Å². The molecule has 4 fully saturated rings. The number of hydrogen-bond donors (Lipinski definition) is 2. The molecule has 4 aliphatic rings. The van der Waals surface area contributed by atoms with Crippen LogP contribution in [0.4, 0.5) is 4.79 Å². The largest absolute Gasteiger partial charge is 0.353 e. The molecule has 6 heteroatoms. The second-order valence-electron chi connectivity index (χ2n) is 7.77. The van der Waals surface area contributed by atoms with Crippen molar-refractivity contribution < 1.29 is 9.59 Å². The predicted octanol–water partition coefficient (Wildman–Crippen LogP) is 0.779. The van der Waals surface area contributed by atoms with Crippen LogP contribution in [0.15, 0.2) is 0 Å². The minimum absolute atomic E-state index is 0.0462. The van der Waals surface area contributed by atoms with Gasteiger partial charge in [0.15, 0.2) is 0 Å². The van der Waals surface area contributed by atoms with Gasteiger partial charge in [0.1, 0.15) is 6.04 Å². The van der Waals surface area contributed by atoms with E-state index in [4.69, 9.17) is 0 Å². The molecule has 3 amide bonds. The molecule has 4 rings (SSSR count). The van der Waals surface area contributed by atoms with Crippen LogP contribution in [0, 0.1) is 11.8 Å². The van der Waals surface area contributed by atoms with Crippen molar-refractivity contribution in [2.75, 3.05) is 26.2 Å². The molecule has 2 saturated carbocycles. The topological polar surface area (TPSA) is 64.7 Å². The van der Waals surface area contributed by atoms with Gasteiger partial charge in [-0.3, -0.25) is 9.69 Å². The number of urea groups is 1. The van der Waals surface area contributed by atoms with E-state index in [0.29, 0.717) is 31.0 Å². The van der Waals surface area contributed by atoms with E-state index in [9.17, 15) is 9.59 Å². The Morgan fingerprint density at radius 2 is 1.87 bits per heavy atom. The lowest BCUT2D eigenvalue weighted by Crippen LogP contribution is -2.63. The fourth-order valence-electron chi connectivity index (χ4n) is 4.73. The summed E-state index contributed by atoms with van der Waals surface area (Å²) in [6.45, 7) is 5.26. The molecule has 2 aliphatic heterocycles. The molecule has 2 heterocycles. The SMILES string of the molecule is CC1C(=O)NCCN1C(=O)NC1C2CCCC1CN(C1CC1)C2. The summed E-state index contributed by atoms with van der Waals surface area (Å²) in [5.74, 6) is 1.12. The van der Waals surface area contributed by atoms with Crippen LogP contribution in [-0.4, -0.2) is 66.0 Å². The molecular formula is C17H28N4O2. The van der Waals surface area contributed by atoms with E-state index >= 15 is 0 Å². The summed E-state index contributed by atoms with van der Waals surface area (Å²) in [5.41, 5.74) is 0. The van der Waals surface area contributed by atoms with Crippen molar-refractivity contribution in [3.8, 4) is 0 Å². The number of carbonyl (C=O) groups excluding carboxylic acids is 2. The number of fused-ring (bicyclic) bond motifs is 2. The van der Waals surface area contributed by atoms with E-state index < -0.39 is 0 Å². The van der Waals surface area contributed by atoms with Gasteiger partial charge in [-0.25, -0.2) is 4.79 Å². The highest BCUT2D eigenvalue weighted by atomic mass is 16.2. The van der Waals surface area contributed by atoms with E-state index in [0.717, 1.165) is 19.1 Å². The maximum absolute atomic E-state index is 12.7. The Balaban J connectivity index is 1.41. The monoisotopic (exact) mass is 320 g/mol. The molecule has 2 saturated heterocycles. The number of piperazine rings is 1. The Labute approximate surface area is 137 Å². The minimum atomic E-state index is -0.366. The van der Waals surface area contributed by atoms with Crippen LogP contribution in [-0.2, 0) is 4.79 Å². The molecule has 2 bridgehead atoms. The third-order valence-corrected chi connectivity index (χ3v) is 6.22. The van der Waals surface area contributed by atoms with Crippen LogP contribution in [0.5, 0.6) is 0 Å². The lowest BCUT2D eigenvalue weighted by Gasteiger charge is -2.48. The number of amides is 3. The van der Waals surface area contributed by atoms with E-state index in [1.807, 2.05) is 6.92 Å². The summed E-state index contributed by atoms with van der Waals surface area (Å²) in [6.07, 6.45) is 6.46. The van der Waals surface area contributed by atoms with Crippen molar-refractivity contribution in [1.82, 2.24) is 20.4 Å². The first-order chi connectivity index (χ1) is 11.1. The maximum Gasteiger partial charge on any atom is 0.318 e. The summed E-state index contributed by atoms with van der Waals surface area (Å²) in [4.78, 5) is 28.8. The van der Waals surface area contributed by atoms with Crippen LogP contribution < -0.4 is 10.6 Å². The number of nitrogens with zero attached hydrogens (tertiary/aromatic N) is 2. The number of carbonyl (C=O) groups is 2. The highest BCUT2D eigenvalue weighted by Gasteiger charge is 2.44. The van der Waals surface area contributed by atoms with Crippen LogP contribution >= 0.6 is 0 Å². The van der Waals surface area contributed by atoms with Crippen LogP contribution in [0.1, 0.15) is 39.0 Å². The summed E-state index contributed by atoms with van der Waals surface area (Å²) >= 11 is 0. The first kappa shape index (κ1) is 15.2. The normalized spacial score (nSPS) is 38.1. The van der Waals surface area contributed by atoms with E-state index in [-0.39, 0.29) is 18.0 Å². The molecule has 3 atom stereocenters. The van der Waals surface area contributed by atoms with Gasteiger partial charge in [0.2, 0.25) is 5.91 Å². The molecule has 0 aromatic carbocycles. The van der Waals surface area contributed by atoms with Crippen molar-refractivity contribution in [2.45, 2.75) is 57.2 Å². The van der Waals surface area contributed by atoms with E-state index in [1.54, 1.807) is 4.90 Å². The average molecular weight is 320 g/mol. The standard InChI is InChI=1S/C17H28N4O2/c1-11-16(22)18-7-8-21(11)17(23)19-15-12-3-2-4-13(15)10-20(9-12)14-5-6-14/h11-15H,2-10H2,1H3,(H,18,22)(H,19,23). The highest BCUT2D eigenvalue weighted by Crippen LogP contribution is 2.39. The van der Waals surface area contributed by atoms with Gasteiger partial charge in [-0.2, -0.15) is 0 Å². The smallest absolute Gasteiger partial charge is 0.318 e. The zero-order valence-electron chi connectivity index (χ0n) is 14.0. The summed E-state index contributed by atoms with van der Waals surface area (Å²) in [5, 5.41) is 6.12. The van der Waals surface area contributed by atoms with Crippen molar-refractivity contribution in [3.05, 3.63) is 0 Å². The summed E-state index contributed by atoms with van der Waals surface area (Å²) < 4.78 is 0. The van der Waals surface area contributed by atoms with Gasteiger partial charge in [-0.1, -0.05) is 6.42 Å². The Morgan fingerprint density at radius 3 is 2.52 bits per heavy atom. The molecule has 3 unspecified atom stereocenters. The molecule has 0 aromatic rings. The summed E-state index contributed by atoms with van der Waals surface area (Å²) in [7, 11) is 0. The highest BCUT2D eigenvalue weighted by molar-refractivity contribution is 5.88. The fourth-order valence-corrected chi connectivity index (χ4v) is 4.73. The lowest BCUT2D eigenvalue weighted by atomic mass is 9.73. The van der Waals surface area contributed by atoms with Crippen LogP contribution in [0.2, 0.25) is 0 Å². The first-order valence-corrected chi connectivity index (χ1v) is 9.22. The first-order valence-electron chi connectivity index (χ1n) is 9.22. The van der Waals surface area contributed by atoms with Gasteiger partial charge in [0, 0.05) is 38.3 Å². The second-order valence-corrected chi connectivity index (χ2v) is 7.77. The summed E-state index contributed by atoms with van der Waals surface area (Å²) in [6, 6.07) is 0.702. The molecule has 128 valence electrons. The average Bonchev–Trinajstić information content (AvgIpc) is 3.34. The van der Waals surface area contributed by atoms with Gasteiger partial charge >= 0.3 is 6.03 Å². The van der Waals surface area contributed by atoms with Crippen LogP contribution in [0.25, 0.3) is 0 Å². The molecule has 6 nitrogen and oxygen atoms in total. The van der Waals surface area contributed by atoms with E-state index in [1.165, 1.54) is 32.1 Å². The van der Waals surface area contributed by atoms with Crippen molar-refractivity contribution in [3.63, 3.8) is 0 Å². The maximum atomic E-state index is 12.7. The molecule has 0 radical (unpaired) electrons. The van der Waals surface area contributed by atoms with E-state index in [2.05, 4.69) is 15.5 Å². The van der Waals surface area contributed by atoms with Crippen molar-refractivity contribution in [2.24, 2.45) is 11.8 Å².